The summed E-state index contributed by atoms with van der Waals surface area (Å²) in [5, 5.41) is 0.827. The Morgan fingerprint density at radius 3 is 2.67 bits per heavy atom. The third-order valence-electron chi connectivity index (χ3n) is 4.50. The Morgan fingerprint density at radius 2 is 1.80 bits per heavy atom. The summed E-state index contributed by atoms with van der Waals surface area (Å²) in [6.07, 6.45) is 3.27. The van der Waals surface area contributed by atoms with Crippen molar-refractivity contribution in [2.24, 2.45) is 0 Å². The number of benzene rings is 1. The van der Waals surface area contributed by atoms with Crippen LogP contribution in [-0.2, 0) is 6.61 Å². The Kier molecular flexibility index (Phi) is 4.56. The van der Waals surface area contributed by atoms with Gasteiger partial charge in [-0.2, -0.15) is 0 Å². The molecule has 30 heavy (non-hydrogen) atoms. The van der Waals surface area contributed by atoms with Gasteiger partial charge in [0.1, 0.15) is 11.6 Å². The molecule has 5 aromatic rings. The maximum atomic E-state index is 11.5. The fourth-order valence-electron chi connectivity index (χ4n) is 3.15. The zero-order chi connectivity index (χ0) is 20.5. The minimum atomic E-state index is -0.222. The Morgan fingerprint density at radius 1 is 1.00 bits per heavy atom. The molecule has 0 aliphatic rings. The molecule has 0 atom stereocenters. The molecular formula is C21H20N6O2S. The number of hydrogen-bond donors (Lipinski definition) is 2. The molecule has 0 bridgehead atoms. The fourth-order valence-corrected chi connectivity index (χ4v) is 4.10. The smallest absolute Gasteiger partial charge is 0.323 e. The first-order chi connectivity index (χ1) is 14.7. The van der Waals surface area contributed by atoms with Gasteiger partial charge in [0, 0.05) is 20.8 Å². The number of aromatic nitrogens is 6. The van der Waals surface area contributed by atoms with E-state index >= 15 is 0 Å². The van der Waals surface area contributed by atoms with E-state index in [9.17, 15) is 4.79 Å². The van der Waals surface area contributed by atoms with E-state index < -0.39 is 0 Å². The van der Waals surface area contributed by atoms with Crippen molar-refractivity contribution >= 4 is 22.4 Å². The molecule has 0 aliphatic carbocycles. The van der Waals surface area contributed by atoms with E-state index in [-0.39, 0.29) is 8.54 Å². The number of imidazole rings is 1. The minimum Gasteiger partial charge on any atom is -0.456 e. The molecule has 0 amide bonds. The SMILES string of the molecule is Cc1nc(COc2ncccn2)sc1-c1cccc(-c2ccc3[nH]c(=O)[nH]c3c2)n1.[HH].[HH]. The van der Waals surface area contributed by atoms with E-state index in [4.69, 9.17) is 9.72 Å². The highest BCUT2D eigenvalue weighted by molar-refractivity contribution is 7.15. The maximum absolute atomic E-state index is 11.5. The highest BCUT2D eigenvalue weighted by Crippen LogP contribution is 2.31. The highest BCUT2D eigenvalue weighted by atomic mass is 32.1. The fraction of sp³-hybridized carbons (Fsp3) is 0.0952. The van der Waals surface area contributed by atoms with Gasteiger partial charge in [-0.25, -0.2) is 24.7 Å². The van der Waals surface area contributed by atoms with E-state index in [0.29, 0.717) is 12.6 Å². The van der Waals surface area contributed by atoms with Crippen molar-refractivity contribution in [2.75, 3.05) is 0 Å². The summed E-state index contributed by atoms with van der Waals surface area (Å²) in [6, 6.07) is 13.7. The normalized spacial score (nSPS) is 11.1. The number of aryl methyl sites for hydroxylation is 1. The van der Waals surface area contributed by atoms with E-state index in [0.717, 1.165) is 43.6 Å². The second kappa shape index (κ2) is 7.53. The number of nitrogens with zero attached hydrogens (tertiary/aromatic N) is 4. The molecule has 0 radical (unpaired) electrons. The summed E-state index contributed by atoms with van der Waals surface area (Å²) >= 11 is 1.53. The van der Waals surface area contributed by atoms with Crippen LogP contribution in [0.15, 0.2) is 59.7 Å². The van der Waals surface area contributed by atoms with Crippen LogP contribution in [0.5, 0.6) is 6.01 Å². The molecule has 4 heterocycles. The lowest BCUT2D eigenvalue weighted by molar-refractivity contribution is 0.280. The predicted molar refractivity (Wildman–Crippen MR) is 119 cm³/mol. The van der Waals surface area contributed by atoms with Crippen LogP contribution in [0, 0.1) is 6.92 Å². The van der Waals surface area contributed by atoms with Crippen LogP contribution >= 0.6 is 11.3 Å². The molecule has 0 saturated heterocycles. The van der Waals surface area contributed by atoms with Crippen LogP contribution in [0.2, 0.25) is 0 Å². The molecule has 8 nitrogen and oxygen atoms in total. The van der Waals surface area contributed by atoms with Gasteiger partial charge in [0.2, 0.25) is 0 Å². The summed E-state index contributed by atoms with van der Waals surface area (Å²) in [5.74, 6) is 0. The number of aromatic amines is 2. The molecule has 5 rings (SSSR count). The van der Waals surface area contributed by atoms with Crippen LogP contribution in [0.3, 0.4) is 0 Å². The van der Waals surface area contributed by atoms with Crippen LogP contribution in [-0.4, -0.2) is 29.9 Å². The lowest BCUT2D eigenvalue weighted by Crippen LogP contribution is -1.99. The van der Waals surface area contributed by atoms with Crippen LogP contribution < -0.4 is 10.4 Å². The Balaban J connectivity index is 0.00000144. The van der Waals surface area contributed by atoms with Crippen molar-refractivity contribution in [1.29, 1.82) is 0 Å². The van der Waals surface area contributed by atoms with Crippen molar-refractivity contribution in [3.05, 3.63) is 76.0 Å². The van der Waals surface area contributed by atoms with Crippen molar-refractivity contribution in [2.45, 2.75) is 13.5 Å². The molecule has 1 aromatic carbocycles. The van der Waals surface area contributed by atoms with Gasteiger partial charge in [0.25, 0.3) is 0 Å². The molecule has 0 unspecified atom stereocenters. The molecule has 0 spiro atoms. The van der Waals surface area contributed by atoms with Gasteiger partial charge in [-0.3, -0.25) is 0 Å². The third-order valence-corrected chi connectivity index (χ3v) is 5.65. The summed E-state index contributed by atoms with van der Waals surface area (Å²) in [6.45, 7) is 2.26. The highest BCUT2D eigenvalue weighted by Gasteiger charge is 2.13. The van der Waals surface area contributed by atoms with Crippen LogP contribution in [0.1, 0.15) is 13.6 Å². The van der Waals surface area contributed by atoms with E-state index in [1.54, 1.807) is 18.5 Å². The largest absolute Gasteiger partial charge is 0.456 e. The molecular weight excluding hydrogens is 400 g/mol. The van der Waals surface area contributed by atoms with Crippen molar-refractivity contribution in [1.82, 2.24) is 29.9 Å². The van der Waals surface area contributed by atoms with Gasteiger partial charge >= 0.3 is 11.7 Å². The zero-order valence-corrected chi connectivity index (χ0v) is 16.7. The van der Waals surface area contributed by atoms with Gasteiger partial charge < -0.3 is 14.7 Å². The van der Waals surface area contributed by atoms with Crippen LogP contribution in [0.4, 0.5) is 0 Å². The maximum Gasteiger partial charge on any atom is 0.323 e. The second-order valence-electron chi connectivity index (χ2n) is 6.59. The molecule has 0 aliphatic heterocycles. The number of hydrogen-bond acceptors (Lipinski definition) is 7. The number of H-pyrrole nitrogens is 2. The molecule has 0 saturated carbocycles. The molecule has 152 valence electrons. The number of fused-ring (bicyclic) bond motifs is 1. The second-order valence-corrected chi connectivity index (χ2v) is 7.67. The van der Waals surface area contributed by atoms with Crippen molar-refractivity contribution in [3.8, 4) is 27.8 Å². The summed E-state index contributed by atoms with van der Waals surface area (Å²) in [4.78, 5) is 35.6. The van der Waals surface area contributed by atoms with Gasteiger partial charge in [-0.05, 0) is 37.3 Å². The van der Waals surface area contributed by atoms with Crippen LogP contribution in [0.25, 0.3) is 32.9 Å². The number of ether oxygens (including phenoxy) is 1. The third kappa shape index (κ3) is 3.58. The molecule has 4 aromatic heterocycles. The topological polar surface area (TPSA) is 109 Å². The average Bonchev–Trinajstić information content (AvgIpc) is 3.33. The zero-order valence-electron chi connectivity index (χ0n) is 15.9. The molecule has 9 heteroatoms. The minimum absolute atomic E-state index is 0. The average molecular weight is 420 g/mol. The number of thiazole rings is 1. The standard InChI is InChI=1S/C21H16N6O2S.2H2/c1-12-19(30-18(24-12)11-29-21-22-8-3-9-23-21)16-5-2-4-14(25-16)13-6-7-15-17(10-13)27-20(28)26-15;;/h2-10H,11H2,1H3,(H2,26,27,28);2*1H. The van der Waals surface area contributed by atoms with Crippen molar-refractivity contribution < 1.29 is 7.59 Å². The first kappa shape index (κ1) is 18.2. The van der Waals surface area contributed by atoms with E-state index in [1.807, 2.05) is 43.3 Å². The Bertz CT molecular complexity index is 1400. The molecule has 2 N–H and O–H groups in total. The van der Waals surface area contributed by atoms with Crippen molar-refractivity contribution in [3.63, 3.8) is 0 Å². The summed E-state index contributed by atoms with van der Waals surface area (Å²) in [7, 11) is 0. The first-order valence-corrected chi connectivity index (χ1v) is 10.0. The molecule has 0 fully saturated rings. The number of rotatable bonds is 5. The Hall–Kier alpha value is -3.85. The summed E-state index contributed by atoms with van der Waals surface area (Å²) in [5.41, 5.74) is 4.77. The summed E-state index contributed by atoms with van der Waals surface area (Å²) < 4.78 is 5.61. The monoisotopic (exact) mass is 420 g/mol. The lowest BCUT2D eigenvalue weighted by atomic mass is 10.1. The predicted octanol–water partition coefficient (Wildman–Crippen LogP) is 4.21. The van der Waals surface area contributed by atoms with Gasteiger partial charge in [-0.15, -0.1) is 11.3 Å². The lowest BCUT2D eigenvalue weighted by Gasteiger charge is -2.04. The Labute approximate surface area is 177 Å². The van der Waals surface area contributed by atoms with E-state index in [1.165, 1.54) is 11.3 Å². The van der Waals surface area contributed by atoms with Gasteiger partial charge in [0.15, 0.2) is 0 Å². The number of pyridine rings is 1. The van der Waals surface area contributed by atoms with Gasteiger partial charge in [0.05, 0.1) is 33.0 Å². The first-order valence-electron chi connectivity index (χ1n) is 9.22. The van der Waals surface area contributed by atoms with Gasteiger partial charge in [-0.1, -0.05) is 12.1 Å². The van der Waals surface area contributed by atoms with E-state index in [2.05, 4.69) is 24.9 Å². The number of nitrogens with one attached hydrogen (secondary N) is 2. The quantitative estimate of drug-likeness (QED) is 0.441.